The molecule has 1 aromatic heterocycles. The van der Waals surface area contributed by atoms with Gasteiger partial charge in [0.15, 0.2) is 0 Å². The SMILES string of the molecule is CC(C)c1nc(CC(=O)Nc2cc(S(=O)(=O)N3CCOCC3)ccc2N2CCCCC2)cs1. The highest BCUT2D eigenvalue weighted by Crippen LogP contribution is 2.32. The van der Waals surface area contributed by atoms with Gasteiger partial charge in [-0.15, -0.1) is 11.3 Å². The molecule has 1 N–H and O–H groups in total. The Kier molecular flexibility index (Phi) is 7.68. The minimum Gasteiger partial charge on any atom is -0.379 e. The maximum Gasteiger partial charge on any atom is 0.243 e. The predicted molar refractivity (Wildman–Crippen MR) is 131 cm³/mol. The maximum atomic E-state index is 13.2. The van der Waals surface area contributed by atoms with Gasteiger partial charge in [0, 0.05) is 37.5 Å². The number of thiazole rings is 1. The van der Waals surface area contributed by atoms with Crippen LogP contribution < -0.4 is 10.2 Å². The van der Waals surface area contributed by atoms with Crippen molar-refractivity contribution in [2.75, 3.05) is 49.6 Å². The van der Waals surface area contributed by atoms with Gasteiger partial charge in [0.05, 0.1) is 46.6 Å². The number of nitrogens with zero attached hydrogens (tertiary/aromatic N) is 3. The van der Waals surface area contributed by atoms with Gasteiger partial charge in [-0.3, -0.25) is 4.79 Å². The number of morpholine rings is 1. The normalized spacial score (nSPS) is 18.0. The fourth-order valence-corrected chi connectivity index (χ4v) is 6.42. The molecule has 0 unspecified atom stereocenters. The summed E-state index contributed by atoms with van der Waals surface area (Å²) in [6.07, 6.45) is 3.50. The van der Waals surface area contributed by atoms with Gasteiger partial charge in [-0.25, -0.2) is 13.4 Å². The number of piperidine rings is 1. The van der Waals surface area contributed by atoms with Crippen LogP contribution in [0.2, 0.25) is 0 Å². The number of rotatable bonds is 7. The lowest BCUT2D eigenvalue weighted by Crippen LogP contribution is -2.40. The van der Waals surface area contributed by atoms with Gasteiger partial charge < -0.3 is 15.0 Å². The zero-order valence-corrected chi connectivity index (χ0v) is 20.9. The second-order valence-electron chi connectivity index (χ2n) is 8.80. The molecule has 180 valence electrons. The van der Waals surface area contributed by atoms with Crippen molar-refractivity contribution in [1.29, 1.82) is 0 Å². The number of hydrogen-bond acceptors (Lipinski definition) is 7. The maximum absolute atomic E-state index is 13.2. The molecule has 0 spiro atoms. The summed E-state index contributed by atoms with van der Waals surface area (Å²) in [4.78, 5) is 19.9. The third kappa shape index (κ3) is 5.74. The average molecular weight is 493 g/mol. The Morgan fingerprint density at radius 1 is 1.15 bits per heavy atom. The lowest BCUT2D eigenvalue weighted by atomic mass is 10.1. The van der Waals surface area contributed by atoms with E-state index in [1.165, 1.54) is 10.7 Å². The van der Waals surface area contributed by atoms with Gasteiger partial charge >= 0.3 is 0 Å². The third-order valence-corrected chi connectivity index (χ3v) is 9.04. The van der Waals surface area contributed by atoms with Gasteiger partial charge in [0.25, 0.3) is 0 Å². The molecule has 0 radical (unpaired) electrons. The molecule has 0 aliphatic carbocycles. The first-order chi connectivity index (χ1) is 15.8. The minimum absolute atomic E-state index is 0.156. The quantitative estimate of drug-likeness (QED) is 0.637. The summed E-state index contributed by atoms with van der Waals surface area (Å²) in [5.74, 6) is 0.120. The Bertz CT molecular complexity index is 1070. The molecular weight excluding hydrogens is 460 g/mol. The summed E-state index contributed by atoms with van der Waals surface area (Å²) >= 11 is 1.56. The van der Waals surface area contributed by atoms with Crippen LogP contribution >= 0.6 is 11.3 Å². The van der Waals surface area contributed by atoms with E-state index in [0.717, 1.165) is 42.3 Å². The zero-order valence-electron chi connectivity index (χ0n) is 19.2. The highest BCUT2D eigenvalue weighted by molar-refractivity contribution is 7.89. The number of benzene rings is 1. The van der Waals surface area contributed by atoms with Crippen molar-refractivity contribution in [3.05, 3.63) is 34.3 Å². The van der Waals surface area contributed by atoms with Crippen LogP contribution in [0.4, 0.5) is 11.4 Å². The van der Waals surface area contributed by atoms with Crippen molar-refractivity contribution in [3.63, 3.8) is 0 Å². The van der Waals surface area contributed by atoms with Crippen molar-refractivity contribution in [1.82, 2.24) is 9.29 Å². The minimum atomic E-state index is -3.66. The highest BCUT2D eigenvalue weighted by atomic mass is 32.2. The van der Waals surface area contributed by atoms with E-state index in [9.17, 15) is 13.2 Å². The average Bonchev–Trinajstić information content (AvgIpc) is 3.29. The molecule has 0 saturated carbocycles. The van der Waals surface area contributed by atoms with E-state index < -0.39 is 10.0 Å². The molecular formula is C23H32N4O4S2. The number of carbonyl (C=O) groups excluding carboxylic acids is 1. The van der Waals surface area contributed by atoms with E-state index >= 15 is 0 Å². The number of ether oxygens (including phenoxy) is 1. The molecule has 3 heterocycles. The van der Waals surface area contributed by atoms with E-state index in [4.69, 9.17) is 4.74 Å². The molecule has 0 bridgehead atoms. The summed E-state index contributed by atoms with van der Waals surface area (Å²) in [5, 5.41) is 5.91. The molecule has 1 aromatic carbocycles. The van der Waals surface area contributed by atoms with Crippen LogP contribution in [0.5, 0.6) is 0 Å². The molecule has 2 saturated heterocycles. The van der Waals surface area contributed by atoms with E-state index in [0.29, 0.717) is 37.9 Å². The Balaban J connectivity index is 1.59. The molecule has 10 heteroatoms. The molecule has 33 heavy (non-hydrogen) atoms. The smallest absolute Gasteiger partial charge is 0.243 e. The van der Waals surface area contributed by atoms with Gasteiger partial charge in [-0.1, -0.05) is 13.8 Å². The van der Waals surface area contributed by atoms with Crippen LogP contribution in [-0.4, -0.2) is 63.0 Å². The largest absolute Gasteiger partial charge is 0.379 e. The number of nitrogens with one attached hydrogen (secondary N) is 1. The van der Waals surface area contributed by atoms with Gasteiger partial charge in [0.2, 0.25) is 15.9 Å². The van der Waals surface area contributed by atoms with Crippen LogP contribution in [0.15, 0.2) is 28.5 Å². The van der Waals surface area contributed by atoms with E-state index in [1.807, 2.05) is 11.4 Å². The number of hydrogen-bond donors (Lipinski definition) is 1. The molecule has 2 aliphatic heterocycles. The highest BCUT2D eigenvalue weighted by Gasteiger charge is 2.28. The molecule has 1 amide bonds. The van der Waals surface area contributed by atoms with Crippen LogP contribution in [-0.2, 0) is 26.0 Å². The van der Waals surface area contributed by atoms with E-state index in [-0.39, 0.29) is 17.2 Å². The van der Waals surface area contributed by atoms with Crippen molar-refractivity contribution < 1.29 is 17.9 Å². The van der Waals surface area contributed by atoms with Crippen LogP contribution in [0.3, 0.4) is 0 Å². The first kappa shape index (κ1) is 24.1. The molecule has 8 nitrogen and oxygen atoms in total. The van der Waals surface area contributed by atoms with Crippen LogP contribution in [0.1, 0.15) is 49.7 Å². The zero-order chi connectivity index (χ0) is 23.4. The molecule has 2 fully saturated rings. The summed E-state index contributed by atoms with van der Waals surface area (Å²) in [6.45, 7) is 7.38. The summed E-state index contributed by atoms with van der Waals surface area (Å²) in [7, 11) is -3.66. The molecule has 0 atom stereocenters. The second kappa shape index (κ2) is 10.5. The Morgan fingerprint density at radius 3 is 2.55 bits per heavy atom. The summed E-state index contributed by atoms with van der Waals surface area (Å²) < 4.78 is 33.2. The first-order valence-corrected chi connectivity index (χ1v) is 13.9. The summed E-state index contributed by atoms with van der Waals surface area (Å²) in [6, 6.07) is 5.08. The predicted octanol–water partition coefficient (Wildman–Crippen LogP) is 3.46. The standard InChI is InChI=1S/C23H32N4O4S2/c1-17(2)23-24-18(16-32-23)14-22(28)25-20-15-19(33(29,30)27-10-12-31-13-11-27)6-7-21(20)26-8-4-3-5-9-26/h6-7,15-17H,3-5,8-14H2,1-2H3,(H,25,28). The van der Waals surface area contributed by atoms with Crippen LogP contribution in [0.25, 0.3) is 0 Å². The monoisotopic (exact) mass is 492 g/mol. The molecule has 2 aliphatic rings. The second-order valence-corrected chi connectivity index (χ2v) is 11.6. The number of carbonyl (C=O) groups is 1. The van der Waals surface area contributed by atoms with Crippen molar-refractivity contribution in [2.45, 2.75) is 50.3 Å². The molecule has 2 aromatic rings. The fourth-order valence-electron chi connectivity index (χ4n) is 4.15. The topological polar surface area (TPSA) is 91.8 Å². The van der Waals surface area contributed by atoms with Crippen molar-refractivity contribution >= 4 is 38.6 Å². The van der Waals surface area contributed by atoms with E-state index in [1.54, 1.807) is 23.5 Å². The molecule has 4 rings (SSSR count). The first-order valence-electron chi connectivity index (χ1n) is 11.6. The lowest BCUT2D eigenvalue weighted by Gasteiger charge is -2.31. The Morgan fingerprint density at radius 2 is 1.88 bits per heavy atom. The van der Waals surface area contributed by atoms with Crippen molar-refractivity contribution in [2.24, 2.45) is 0 Å². The Labute approximate surface area is 200 Å². The third-order valence-electron chi connectivity index (χ3n) is 5.95. The lowest BCUT2D eigenvalue weighted by molar-refractivity contribution is -0.115. The van der Waals surface area contributed by atoms with Crippen LogP contribution in [0, 0.1) is 0 Å². The number of amides is 1. The fraction of sp³-hybridized carbons (Fsp3) is 0.565. The number of anilines is 2. The van der Waals surface area contributed by atoms with Gasteiger partial charge in [-0.2, -0.15) is 4.31 Å². The van der Waals surface area contributed by atoms with Gasteiger partial charge in [0.1, 0.15) is 0 Å². The van der Waals surface area contributed by atoms with Gasteiger partial charge in [-0.05, 0) is 37.5 Å². The van der Waals surface area contributed by atoms with E-state index in [2.05, 4.69) is 29.0 Å². The Hall–Kier alpha value is -2.01. The van der Waals surface area contributed by atoms with Crippen molar-refractivity contribution in [3.8, 4) is 0 Å². The number of aromatic nitrogens is 1. The summed E-state index contributed by atoms with van der Waals surface area (Å²) in [5.41, 5.74) is 2.14. The number of sulfonamides is 1.